The zero-order chi connectivity index (χ0) is 25.5. The number of halogens is 7. The summed E-state index contributed by atoms with van der Waals surface area (Å²) in [7, 11) is 1.29. The van der Waals surface area contributed by atoms with E-state index in [4.69, 9.17) is 11.6 Å². The zero-order valence-electron chi connectivity index (χ0n) is 17.5. The minimum absolute atomic E-state index is 0.00556. The number of amides is 1. The summed E-state index contributed by atoms with van der Waals surface area (Å²) in [6.07, 6.45) is -9.69. The first-order valence-electron chi connectivity index (χ1n) is 9.70. The van der Waals surface area contributed by atoms with E-state index >= 15 is 0 Å². The van der Waals surface area contributed by atoms with E-state index in [-0.39, 0.29) is 22.7 Å². The van der Waals surface area contributed by atoms with Gasteiger partial charge < -0.3 is 9.64 Å². The molecule has 0 aliphatic heterocycles. The van der Waals surface area contributed by atoms with Gasteiger partial charge in [0.15, 0.2) is 17.0 Å². The number of rotatable bonds is 4. The summed E-state index contributed by atoms with van der Waals surface area (Å²) in [6.45, 7) is 0. The second-order valence-corrected chi connectivity index (χ2v) is 7.67. The van der Waals surface area contributed by atoms with Crippen LogP contribution in [0.4, 0.5) is 32.0 Å². The Balaban J connectivity index is 1.70. The molecule has 13 heteroatoms. The number of carbonyl (C=O) groups excluding carboxylic acids is 1. The smallest absolute Gasteiger partial charge is 0.406 e. The lowest BCUT2D eigenvalue weighted by atomic mass is 10.1. The van der Waals surface area contributed by atoms with Crippen LogP contribution < -0.4 is 9.64 Å². The van der Waals surface area contributed by atoms with Crippen molar-refractivity contribution in [3.8, 4) is 17.0 Å². The Morgan fingerprint density at radius 2 is 1.60 bits per heavy atom. The Hall–Kier alpha value is -3.80. The van der Waals surface area contributed by atoms with Gasteiger partial charge in [-0.2, -0.15) is 18.3 Å². The number of hydrogen-bond donors (Lipinski definition) is 0. The third-order valence-electron chi connectivity index (χ3n) is 4.84. The molecule has 2 aromatic heterocycles. The quantitative estimate of drug-likeness (QED) is 0.302. The number of hydrogen-bond acceptors (Lipinski definition) is 4. The van der Waals surface area contributed by atoms with E-state index in [2.05, 4.69) is 14.8 Å². The van der Waals surface area contributed by atoms with Crippen LogP contribution in [0.1, 0.15) is 16.2 Å². The van der Waals surface area contributed by atoms with Crippen LogP contribution in [0.25, 0.3) is 16.9 Å². The van der Waals surface area contributed by atoms with Gasteiger partial charge in [0.1, 0.15) is 5.75 Å². The first-order valence-corrected chi connectivity index (χ1v) is 10.1. The van der Waals surface area contributed by atoms with Crippen molar-refractivity contribution in [3.63, 3.8) is 0 Å². The summed E-state index contributed by atoms with van der Waals surface area (Å²) >= 11 is 5.84. The standard InChI is InChI=1S/C22H13ClF6N4O2/c1-32(14-6-8-15(9-7-14)35-22(27,28)29)20(34)17-11-19-30-16(12-2-4-13(23)5-3-12)10-18(21(24,25)26)33(19)31-17/h2-11H,1H3. The normalized spacial score (nSPS) is 12.1. The average Bonchev–Trinajstić information content (AvgIpc) is 3.21. The predicted molar refractivity (Wildman–Crippen MR) is 114 cm³/mol. The number of fused-ring (bicyclic) bond motifs is 1. The molecule has 1 amide bonds. The molecule has 35 heavy (non-hydrogen) atoms. The molecule has 182 valence electrons. The van der Waals surface area contributed by atoms with Gasteiger partial charge in [-0.05, 0) is 42.5 Å². The molecule has 0 fully saturated rings. The summed E-state index contributed by atoms with van der Waals surface area (Å²) < 4.78 is 82.6. The second-order valence-electron chi connectivity index (χ2n) is 7.24. The third-order valence-corrected chi connectivity index (χ3v) is 5.09. The fraction of sp³-hybridized carbons (Fsp3) is 0.136. The van der Waals surface area contributed by atoms with Crippen molar-refractivity contribution < 1.29 is 35.9 Å². The Morgan fingerprint density at radius 1 is 0.971 bits per heavy atom. The lowest BCUT2D eigenvalue weighted by molar-refractivity contribution is -0.274. The van der Waals surface area contributed by atoms with Crippen LogP contribution in [0.2, 0.25) is 5.02 Å². The maximum absolute atomic E-state index is 13.8. The second kappa shape index (κ2) is 8.77. The van der Waals surface area contributed by atoms with Gasteiger partial charge in [-0.3, -0.25) is 4.79 Å². The molecule has 0 saturated heterocycles. The zero-order valence-corrected chi connectivity index (χ0v) is 18.3. The molecule has 0 saturated carbocycles. The molecule has 0 bridgehead atoms. The molecule has 0 spiro atoms. The van der Waals surface area contributed by atoms with Crippen molar-refractivity contribution in [2.45, 2.75) is 12.5 Å². The van der Waals surface area contributed by atoms with E-state index in [0.717, 1.165) is 29.2 Å². The van der Waals surface area contributed by atoms with E-state index in [9.17, 15) is 31.1 Å². The summed E-state index contributed by atoms with van der Waals surface area (Å²) in [5, 5.41) is 4.18. The van der Waals surface area contributed by atoms with E-state index in [0.29, 0.717) is 15.1 Å². The first-order chi connectivity index (χ1) is 16.3. The molecule has 0 unspecified atom stereocenters. The van der Waals surface area contributed by atoms with Gasteiger partial charge in [0.05, 0.1) is 5.69 Å². The molecule has 0 atom stereocenters. The van der Waals surface area contributed by atoms with Gasteiger partial charge in [0.25, 0.3) is 5.91 Å². The minimum Gasteiger partial charge on any atom is -0.406 e. The molecular formula is C22H13ClF6N4O2. The summed E-state index contributed by atoms with van der Waals surface area (Å²) in [6, 6.07) is 12.3. The molecule has 2 aromatic carbocycles. The fourth-order valence-corrected chi connectivity index (χ4v) is 3.34. The lowest BCUT2D eigenvalue weighted by Crippen LogP contribution is -2.26. The van der Waals surface area contributed by atoms with E-state index in [1.54, 1.807) is 0 Å². The van der Waals surface area contributed by atoms with Crippen LogP contribution in [-0.4, -0.2) is 33.9 Å². The predicted octanol–water partition coefficient (Wildman–Crippen LogP) is 6.24. The Morgan fingerprint density at radius 3 is 2.17 bits per heavy atom. The van der Waals surface area contributed by atoms with Crippen molar-refractivity contribution in [1.29, 1.82) is 0 Å². The molecule has 0 radical (unpaired) electrons. The highest BCUT2D eigenvalue weighted by Crippen LogP contribution is 2.33. The summed E-state index contributed by atoms with van der Waals surface area (Å²) in [5.41, 5.74) is -1.20. The number of alkyl halides is 6. The van der Waals surface area contributed by atoms with Crippen molar-refractivity contribution in [2.24, 2.45) is 0 Å². The van der Waals surface area contributed by atoms with Crippen LogP contribution in [-0.2, 0) is 6.18 Å². The van der Waals surface area contributed by atoms with Gasteiger partial charge >= 0.3 is 12.5 Å². The Bertz CT molecular complexity index is 1380. The van der Waals surface area contributed by atoms with E-state index in [1.165, 1.54) is 43.4 Å². The maximum atomic E-state index is 13.8. The van der Waals surface area contributed by atoms with Crippen molar-refractivity contribution >= 4 is 28.8 Å². The third kappa shape index (κ3) is 5.32. The van der Waals surface area contributed by atoms with Crippen molar-refractivity contribution in [3.05, 3.63) is 77.1 Å². The first kappa shape index (κ1) is 24.3. The van der Waals surface area contributed by atoms with E-state index in [1.807, 2.05) is 0 Å². The van der Waals surface area contributed by atoms with Gasteiger partial charge in [0, 0.05) is 29.4 Å². The SMILES string of the molecule is CN(C(=O)c1cc2nc(-c3ccc(Cl)cc3)cc(C(F)(F)F)n2n1)c1ccc(OC(F)(F)F)cc1. The monoisotopic (exact) mass is 514 g/mol. The number of benzene rings is 2. The minimum atomic E-state index is -4.88. The van der Waals surface area contributed by atoms with E-state index < -0.39 is 29.9 Å². The largest absolute Gasteiger partial charge is 0.573 e. The van der Waals surface area contributed by atoms with Gasteiger partial charge in [-0.1, -0.05) is 23.7 Å². The number of aromatic nitrogens is 3. The van der Waals surface area contributed by atoms with Crippen LogP contribution in [0.5, 0.6) is 5.75 Å². The topological polar surface area (TPSA) is 59.7 Å². The number of anilines is 1. The molecular weight excluding hydrogens is 502 g/mol. The average molecular weight is 515 g/mol. The molecule has 4 aromatic rings. The van der Waals surface area contributed by atoms with Crippen molar-refractivity contribution in [2.75, 3.05) is 11.9 Å². The van der Waals surface area contributed by atoms with Crippen LogP contribution in [0, 0.1) is 0 Å². The van der Waals surface area contributed by atoms with Crippen LogP contribution in [0.3, 0.4) is 0 Å². The van der Waals surface area contributed by atoms with Gasteiger partial charge in [0.2, 0.25) is 0 Å². The number of ether oxygens (including phenoxy) is 1. The molecule has 2 heterocycles. The lowest BCUT2D eigenvalue weighted by Gasteiger charge is -2.16. The molecule has 6 nitrogen and oxygen atoms in total. The number of nitrogens with zero attached hydrogens (tertiary/aromatic N) is 4. The Labute approximate surface area is 198 Å². The Kier molecular flexibility index (Phi) is 6.09. The molecule has 0 aliphatic rings. The highest BCUT2D eigenvalue weighted by molar-refractivity contribution is 6.30. The fourth-order valence-electron chi connectivity index (χ4n) is 3.21. The van der Waals surface area contributed by atoms with Gasteiger partial charge in [-0.15, -0.1) is 13.2 Å². The van der Waals surface area contributed by atoms with Crippen LogP contribution in [0.15, 0.2) is 60.7 Å². The van der Waals surface area contributed by atoms with Gasteiger partial charge in [-0.25, -0.2) is 9.50 Å². The number of carbonyl (C=O) groups is 1. The maximum Gasteiger partial charge on any atom is 0.573 e. The van der Waals surface area contributed by atoms with Crippen molar-refractivity contribution in [1.82, 2.24) is 14.6 Å². The molecule has 4 rings (SSSR count). The highest BCUT2D eigenvalue weighted by atomic mass is 35.5. The summed E-state index contributed by atoms with van der Waals surface area (Å²) in [5.74, 6) is -1.30. The highest BCUT2D eigenvalue weighted by Gasteiger charge is 2.36. The molecule has 0 N–H and O–H groups in total. The van der Waals surface area contributed by atoms with Crippen LogP contribution >= 0.6 is 11.6 Å². The molecule has 0 aliphatic carbocycles. The summed E-state index contributed by atoms with van der Waals surface area (Å²) in [4.78, 5) is 18.1.